The van der Waals surface area contributed by atoms with E-state index in [0.29, 0.717) is 22.5 Å². The van der Waals surface area contributed by atoms with Gasteiger partial charge < -0.3 is 9.15 Å². The summed E-state index contributed by atoms with van der Waals surface area (Å²) in [4.78, 5) is 30.9. The van der Waals surface area contributed by atoms with Crippen molar-refractivity contribution >= 4 is 34.4 Å². The minimum absolute atomic E-state index is 0.255. The van der Waals surface area contributed by atoms with Crippen LogP contribution in [0.4, 0.5) is 11.4 Å². The van der Waals surface area contributed by atoms with Crippen molar-refractivity contribution < 1.29 is 18.7 Å². The first-order valence-corrected chi connectivity index (χ1v) is 8.66. The van der Waals surface area contributed by atoms with Crippen LogP contribution >= 0.6 is 0 Å². The number of amides is 1. The van der Waals surface area contributed by atoms with Gasteiger partial charge in [0.2, 0.25) is 0 Å². The molecule has 28 heavy (non-hydrogen) atoms. The van der Waals surface area contributed by atoms with Crippen molar-refractivity contribution in [3.05, 3.63) is 90.8 Å². The van der Waals surface area contributed by atoms with Gasteiger partial charge in [0.15, 0.2) is 18.6 Å². The van der Waals surface area contributed by atoms with Crippen molar-refractivity contribution in [2.24, 2.45) is 0 Å². The fourth-order valence-electron chi connectivity index (χ4n) is 2.91. The second kappa shape index (κ2) is 7.75. The normalized spacial score (nSPS) is 10.6. The fourth-order valence-corrected chi connectivity index (χ4v) is 2.91. The zero-order valence-electron chi connectivity index (χ0n) is 14.8. The van der Waals surface area contributed by atoms with E-state index in [-0.39, 0.29) is 11.5 Å². The van der Waals surface area contributed by atoms with E-state index < -0.39 is 12.6 Å². The summed E-state index contributed by atoms with van der Waals surface area (Å²) in [6.07, 6.45) is 1.26. The molecule has 6 nitrogen and oxygen atoms in total. The number of anilines is 2. The summed E-state index contributed by atoms with van der Waals surface area (Å²) in [6.45, 7) is -0.406. The van der Waals surface area contributed by atoms with Crippen LogP contribution in [0.5, 0.6) is 0 Å². The monoisotopic (exact) mass is 372 g/mol. The Bertz CT molecular complexity index is 1070. The molecule has 4 rings (SSSR count). The SMILES string of the molecule is O=C(OCC(=O)N(c1ccccc1)c1ccccc1)c1cccc2ocnc12. The number of carbonyl (C=O) groups excluding carboxylic acids is 2. The topological polar surface area (TPSA) is 72.6 Å². The van der Waals surface area contributed by atoms with E-state index in [1.165, 1.54) is 11.3 Å². The van der Waals surface area contributed by atoms with Gasteiger partial charge >= 0.3 is 5.97 Å². The average molecular weight is 372 g/mol. The minimum Gasteiger partial charge on any atom is -0.452 e. The highest BCUT2D eigenvalue weighted by molar-refractivity contribution is 6.05. The molecule has 3 aromatic carbocycles. The molecular formula is C22H16N2O4. The highest BCUT2D eigenvalue weighted by atomic mass is 16.5. The predicted octanol–water partition coefficient (Wildman–Crippen LogP) is 4.35. The quantitative estimate of drug-likeness (QED) is 0.487. The van der Waals surface area contributed by atoms with Gasteiger partial charge in [-0.1, -0.05) is 42.5 Å². The molecule has 0 atom stereocenters. The number of benzene rings is 3. The average Bonchev–Trinajstić information content (AvgIpc) is 3.23. The van der Waals surface area contributed by atoms with E-state index in [1.807, 2.05) is 60.7 Å². The first-order chi connectivity index (χ1) is 13.7. The number of carbonyl (C=O) groups is 2. The highest BCUT2D eigenvalue weighted by Gasteiger charge is 2.21. The summed E-state index contributed by atoms with van der Waals surface area (Å²) in [7, 11) is 0. The van der Waals surface area contributed by atoms with Gasteiger partial charge in [0.1, 0.15) is 5.52 Å². The van der Waals surface area contributed by atoms with E-state index in [1.54, 1.807) is 18.2 Å². The van der Waals surface area contributed by atoms with Crippen molar-refractivity contribution in [1.29, 1.82) is 0 Å². The molecule has 1 aromatic heterocycles. The molecule has 0 N–H and O–H groups in total. The van der Waals surface area contributed by atoms with Crippen LogP contribution < -0.4 is 4.90 Å². The first-order valence-electron chi connectivity index (χ1n) is 8.66. The largest absolute Gasteiger partial charge is 0.452 e. The molecule has 138 valence electrons. The van der Waals surface area contributed by atoms with Crippen LogP contribution in [-0.2, 0) is 9.53 Å². The second-order valence-corrected chi connectivity index (χ2v) is 5.98. The smallest absolute Gasteiger partial charge is 0.340 e. The lowest BCUT2D eigenvalue weighted by atomic mass is 10.2. The van der Waals surface area contributed by atoms with Gasteiger partial charge in [0.25, 0.3) is 5.91 Å². The molecule has 4 aromatic rings. The molecule has 0 saturated heterocycles. The van der Waals surface area contributed by atoms with Crippen molar-refractivity contribution in [2.75, 3.05) is 11.5 Å². The summed E-state index contributed by atoms with van der Waals surface area (Å²) >= 11 is 0. The summed E-state index contributed by atoms with van der Waals surface area (Å²) in [6, 6.07) is 23.4. The zero-order chi connectivity index (χ0) is 19.3. The van der Waals surface area contributed by atoms with Gasteiger partial charge in [-0.2, -0.15) is 0 Å². The molecule has 0 saturated carbocycles. The van der Waals surface area contributed by atoms with Crippen LogP contribution in [0.15, 0.2) is 89.7 Å². The third kappa shape index (κ3) is 3.48. The number of hydrogen-bond acceptors (Lipinski definition) is 5. The van der Waals surface area contributed by atoms with Gasteiger partial charge in [-0.05, 0) is 36.4 Å². The fraction of sp³-hybridized carbons (Fsp3) is 0.0455. The van der Waals surface area contributed by atoms with E-state index in [4.69, 9.17) is 9.15 Å². The number of hydrogen-bond donors (Lipinski definition) is 0. The Balaban J connectivity index is 1.55. The number of nitrogens with zero attached hydrogens (tertiary/aromatic N) is 2. The Kier molecular flexibility index (Phi) is 4.84. The predicted molar refractivity (Wildman–Crippen MR) is 104 cm³/mol. The molecular weight excluding hydrogens is 356 g/mol. The van der Waals surface area contributed by atoms with Crippen LogP contribution in [0.1, 0.15) is 10.4 Å². The van der Waals surface area contributed by atoms with Crippen LogP contribution in [0, 0.1) is 0 Å². The second-order valence-electron chi connectivity index (χ2n) is 5.98. The molecule has 0 unspecified atom stereocenters. The molecule has 0 bridgehead atoms. The maximum atomic E-state index is 12.9. The molecule has 0 aliphatic rings. The summed E-state index contributed by atoms with van der Waals surface area (Å²) in [5.74, 6) is -0.994. The lowest BCUT2D eigenvalue weighted by molar-refractivity contribution is -0.120. The number of para-hydroxylation sites is 3. The number of ether oxygens (including phenoxy) is 1. The highest BCUT2D eigenvalue weighted by Crippen LogP contribution is 2.25. The first kappa shape index (κ1) is 17.5. The number of rotatable bonds is 5. The van der Waals surface area contributed by atoms with Gasteiger partial charge in [-0.3, -0.25) is 9.69 Å². The lowest BCUT2D eigenvalue weighted by Crippen LogP contribution is -2.30. The third-order valence-electron chi connectivity index (χ3n) is 4.19. The van der Waals surface area contributed by atoms with Crippen molar-refractivity contribution in [3.63, 3.8) is 0 Å². The van der Waals surface area contributed by atoms with Crippen LogP contribution in [0.3, 0.4) is 0 Å². The maximum Gasteiger partial charge on any atom is 0.340 e. The molecule has 0 aliphatic carbocycles. The molecule has 0 aliphatic heterocycles. The summed E-state index contributed by atoms with van der Waals surface area (Å²) < 4.78 is 10.5. The summed E-state index contributed by atoms with van der Waals surface area (Å²) in [5, 5.41) is 0. The maximum absolute atomic E-state index is 12.9. The Labute approximate surface area is 161 Å². The van der Waals surface area contributed by atoms with Gasteiger partial charge in [0, 0.05) is 11.4 Å². The van der Waals surface area contributed by atoms with Gasteiger partial charge in [-0.15, -0.1) is 0 Å². The van der Waals surface area contributed by atoms with E-state index in [0.717, 1.165) is 0 Å². The molecule has 1 heterocycles. The minimum atomic E-state index is -0.631. The number of fused-ring (bicyclic) bond motifs is 1. The Morgan fingerprint density at radius 2 is 1.50 bits per heavy atom. The van der Waals surface area contributed by atoms with E-state index in [9.17, 15) is 9.59 Å². The number of aromatic nitrogens is 1. The molecule has 0 fully saturated rings. The van der Waals surface area contributed by atoms with Gasteiger partial charge in [-0.25, -0.2) is 9.78 Å². The summed E-state index contributed by atoms with van der Waals surface area (Å²) in [5.41, 5.74) is 2.52. The Hall–Kier alpha value is -3.93. The Morgan fingerprint density at radius 3 is 2.14 bits per heavy atom. The van der Waals surface area contributed by atoms with Crippen molar-refractivity contribution in [1.82, 2.24) is 4.98 Å². The Morgan fingerprint density at radius 1 is 0.857 bits per heavy atom. The number of esters is 1. The van der Waals surface area contributed by atoms with Gasteiger partial charge in [0.05, 0.1) is 5.56 Å². The molecule has 6 heteroatoms. The molecule has 0 radical (unpaired) electrons. The van der Waals surface area contributed by atoms with Crippen LogP contribution in [-0.4, -0.2) is 23.5 Å². The third-order valence-corrected chi connectivity index (χ3v) is 4.19. The van der Waals surface area contributed by atoms with Crippen LogP contribution in [0.2, 0.25) is 0 Å². The van der Waals surface area contributed by atoms with Crippen molar-refractivity contribution in [3.8, 4) is 0 Å². The van der Waals surface area contributed by atoms with Crippen molar-refractivity contribution in [2.45, 2.75) is 0 Å². The molecule has 1 amide bonds. The van der Waals surface area contributed by atoms with E-state index >= 15 is 0 Å². The number of oxazole rings is 1. The lowest BCUT2D eigenvalue weighted by Gasteiger charge is -2.22. The zero-order valence-corrected chi connectivity index (χ0v) is 14.8. The molecule has 0 spiro atoms. The van der Waals surface area contributed by atoms with E-state index in [2.05, 4.69) is 4.98 Å². The standard InChI is InChI=1S/C22H16N2O4/c25-20(14-27-22(26)18-12-7-13-19-21(18)23-15-28-19)24(16-8-3-1-4-9-16)17-10-5-2-6-11-17/h1-13,15H,14H2. The van der Waals surface area contributed by atoms with Crippen LogP contribution in [0.25, 0.3) is 11.1 Å².